The number of hydroxylamine groups is 1. The van der Waals surface area contributed by atoms with Gasteiger partial charge in [0.2, 0.25) is 5.91 Å². The first-order valence-corrected chi connectivity index (χ1v) is 10.2. The van der Waals surface area contributed by atoms with Crippen LogP contribution < -0.4 is 9.96 Å². The van der Waals surface area contributed by atoms with E-state index in [2.05, 4.69) is 0 Å². The monoisotopic (exact) mass is 429 g/mol. The zero-order chi connectivity index (χ0) is 22.4. The normalized spacial score (nSPS) is 22.3. The Kier molecular flexibility index (Phi) is 4.71. The summed E-state index contributed by atoms with van der Waals surface area (Å²) in [6.45, 7) is 1.97. The Bertz CT molecular complexity index is 1210. The maximum atomic E-state index is 13.5. The minimum Gasteiger partial charge on any atom is -0.273 e. The predicted octanol–water partition coefficient (Wildman–Crippen LogP) is 3.95. The number of para-hydroxylation sites is 1. The second kappa shape index (κ2) is 7.58. The lowest BCUT2D eigenvalue weighted by atomic mass is 9.90. The van der Waals surface area contributed by atoms with E-state index in [1.165, 1.54) is 24.3 Å². The molecular weight excluding hydrogens is 410 g/mol. The van der Waals surface area contributed by atoms with E-state index in [0.29, 0.717) is 0 Å². The topological polar surface area (TPSA) is 93.0 Å². The first-order valence-electron chi connectivity index (χ1n) is 10.2. The minimum absolute atomic E-state index is 0.168. The summed E-state index contributed by atoms with van der Waals surface area (Å²) in [4.78, 5) is 44.5. The number of hydrogen-bond donors (Lipinski definition) is 0. The summed E-state index contributed by atoms with van der Waals surface area (Å²) in [5.41, 5.74) is 2.62. The fourth-order valence-corrected chi connectivity index (χ4v) is 4.32. The Hall–Kier alpha value is -4.04. The lowest BCUT2D eigenvalue weighted by Crippen LogP contribution is -2.37. The number of non-ortho nitro benzene ring substituents is 1. The van der Waals surface area contributed by atoms with Gasteiger partial charge in [-0.1, -0.05) is 54.1 Å². The third kappa shape index (κ3) is 3.12. The lowest BCUT2D eigenvalue weighted by molar-refractivity contribution is -0.384. The van der Waals surface area contributed by atoms with Gasteiger partial charge in [-0.2, -0.15) is 0 Å². The van der Waals surface area contributed by atoms with Crippen molar-refractivity contribution in [1.82, 2.24) is 0 Å². The van der Waals surface area contributed by atoms with E-state index < -0.39 is 34.8 Å². The summed E-state index contributed by atoms with van der Waals surface area (Å²) in [6, 6.07) is 22.1. The number of nitro benzene ring substituents is 1. The quantitative estimate of drug-likeness (QED) is 0.354. The number of hydrogen-bond acceptors (Lipinski definition) is 6. The van der Waals surface area contributed by atoms with E-state index >= 15 is 0 Å². The largest absolute Gasteiger partial charge is 0.273 e. The maximum absolute atomic E-state index is 13.5. The van der Waals surface area contributed by atoms with Crippen molar-refractivity contribution in [3.05, 3.63) is 100 Å². The number of amides is 2. The smallest absolute Gasteiger partial charge is 0.271 e. The molecule has 3 aromatic carbocycles. The van der Waals surface area contributed by atoms with Gasteiger partial charge in [-0.3, -0.25) is 24.5 Å². The van der Waals surface area contributed by atoms with Crippen LogP contribution in [0.1, 0.15) is 17.2 Å². The molecule has 2 heterocycles. The zero-order valence-electron chi connectivity index (χ0n) is 17.1. The van der Waals surface area contributed by atoms with Gasteiger partial charge >= 0.3 is 0 Å². The molecule has 0 aliphatic carbocycles. The summed E-state index contributed by atoms with van der Waals surface area (Å²) in [5.74, 6) is -1.76. The highest BCUT2D eigenvalue weighted by atomic mass is 16.7. The number of nitrogens with zero attached hydrogens (tertiary/aromatic N) is 3. The van der Waals surface area contributed by atoms with Gasteiger partial charge in [-0.15, -0.1) is 0 Å². The molecule has 0 spiro atoms. The molecule has 2 fully saturated rings. The summed E-state index contributed by atoms with van der Waals surface area (Å²) in [5, 5.41) is 12.8. The van der Waals surface area contributed by atoms with E-state index in [1.54, 1.807) is 5.06 Å². The number of nitro groups is 1. The fraction of sp³-hybridized carbons (Fsp3) is 0.167. The van der Waals surface area contributed by atoms with Gasteiger partial charge in [0.25, 0.3) is 11.6 Å². The van der Waals surface area contributed by atoms with Crippen LogP contribution in [0.2, 0.25) is 0 Å². The number of aryl methyl sites for hydroxylation is 1. The van der Waals surface area contributed by atoms with Crippen molar-refractivity contribution in [1.29, 1.82) is 0 Å². The number of carbonyl (C=O) groups is 2. The number of rotatable bonds is 4. The fourth-order valence-electron chi connectivity index (χ4n) is 4.32. The van der Waals surface area contributed by atoms with Gasteiger partial charge in [0, 0.05) is 12.1 Å². The van der Waals surface area contributed by atoms with Crippen LogP contribution >= 0.6 is 0 Å². The van der Waals surface area contributed by atoms with Crippen molar-refractivity contribution in [2.75, 3.05) is 9.96 Å². The lowest BCUT2D eigenvalue weighted by Gasteiger charge is -2.28. The SMILES string of the molecule is Cc1ccc([C@@H]2[C@H]3C(=O)N(c4cccc([N+](=O)[O-])c4)C(=O)[C@H]3ON2c2ccccc2)cc1. The molecule has 0 radical (unpaired) electrons. The van der Waals surface area contributed by atoms with Gasteiger partial charge in [0.15, 0.2) is 6.10 Å². The van der Waals surface area contributed by atoms with Crippen molar-refractivity contribution in [2.24, 2.45) is 5.92 Å². The first kappa shape index (κ1) is 19.9. The van der Waals surface area contributed by atoms with Gasteiger partial charge in [0.1, 0.15) is 5.92 Å². The Balaban J connectivity index is 1.57. The highest BCUT2D eigenvalue weighted by molar-refractivity contribution is 6.24. The van der Waals surface area contributed by atoms with Crippen LogP contribution in [0.5, 0.6) is 0 Å². The molecule has 8 nitrogen and oxygen atoms in total. The zero-order valence-corrected chi connectivity index (χ0v) is 17.1. The summed E-state index contributed by atoms with van der Waals surface area (Å²) in [7, 11) is 0. The third-order valence-corrected chi connectivity index (χ3v) is 5.84. The van der Waals surface area contributed by atoms with Gasteiger partial charge < -0.3 is 0 Å². The van der Waals surface area contributed by atoms with Crippen molar-refractivity contribution < 1.29 is 19.3 Å². The van der Waals surface area contributed by atoms with Gasteiger partial charge in [-0.05, 0) is 30.7 Å². The number of imide groups is 1. The van der Waals surface area contributed by atoms with E-state index in [4.69, 9.17) is 4.84 Å². The third-order valence-electron chi connectivity index (χ3n) is 5.84. The number of carbonyl (C=O) groups excluding carboxylic acids is 2. The van der Waals surface area contributed by atoms with Crippen molar-refractivity contribution in [2.45, 2.75) is 19.1 Å². The molecule has 2 aliphatic heterocycles. The average Bonchev–Trinajstić information content (AvgIpc) is 3.31. The molecule has 8 heteroatoms. The highest BCUT2D eigenvalue weighted by Crippen LogP contribution is 2.47. The number of anilines is 2. The maximum Gasteiger partial charge on any atom is 0.271 e. The standard InChI is InChI=1S/C24H19N3O5/c1-15-10-12-16(13-11-15)21-20-22(32-26(21)17-6-3-2-4-7-17)24(29)25(23(20)28)18-8-5-9-19(14-18)27(30)31/h2-14,20-22H,1H3/t20-,21-,22+/m1/s1. The second-order valence-corrected chi connectivity index (χ2v) is 7.86. The molecule has 160 valence electrons. The van der Waals surface area contributed by atoms with Crippen LogP contribution in [0.25, 0.3) is 0 Å². The van der Waals surface area contributed by atoms with E-state index in [9.17, 15) is 19.7 Å². The highest BCUT2D eigenvalue weighted by Gasteiger charge is 2.60. The van der Waals surface area contributed by atoms with Crippen molar-refractivity contribution in [3.63, 3.8) is 0 Å². The van der Waals surface area contributed by atoms with Crippen LogP contribution in [-0.4, -0.2) is 22.8 Å². The Morgan fingerprint density at radius 3 is 2.25 bits per heavy atom. The molecule has 2 aliphatic rings. The number of fused-ring (bicyclic) bond motifs is 1. The predicted molar refractivity (Wildman–Crippen MR) is 117 cm³/mol. The minimum atomic E-state index is -1.02. The van der Waals surface area contributed by atoms with E-state index in [-0.39, 0.29) is 11.4 Å². The molecule has 0 aromatic heterocycles. The van der Waals surface area contributed by atoms with Gasteiger partial charge in [-0.25, -0.2) is 9.96 Å². The van der Waals surface area contributed by atoms with Crippen LogP contribution in [0.3, 0.4) is 0 Å². The molecule has 3 aromatic rings. The van der Waals surface area contributed by atoms with Crippen LogP contribution in [0.4, 0.5) is 17.1 Å². The Morgan fingerprint density at radius 1 is 0.875 bits per heavy atom. The molecule has 0 saturated carbocycles. The van der Waals surface area contributed by atoms with Gasteiger partial charge in [0.05, 0.1) is 22.3 Å². The van der Waals surface area contributed by atoms with Crippen LogP contribution in [0, 0.1) is 23.0 Å². The molecule has 3 atom stereocenters. The van der Waals surface area contributed by atoms with E-state index in [1.807, 2.05) is 61.5 Å². The Labute approximate surface area is 183 Å². The molecule has 0 bridgehead atoms. The molecule has 2 amide bonds. The summed E-state index contributed by atoms with van der Waals surface area (Å²) >= 11 is 0. The summed E-state index contributed by atoms with van der Waals surface area (Å²) in [6.07, 6.45) is -1.02. The molecule has 0 N–H and O–H groups in total. The molecule has 5 rings (SSSR count). The molecule has 2 saturated heterocycles. The van der Waals surface area contributed by atoms with E-state index in [0.717, 1.165) is 21.7 Å². The molecule has 0 unspecified atom stereocenters. The molecular formula is C24H19N3O5. The second-order valence-electron chi connectivity index (χ2n) is 7.86. The average molecular weight is 429 g/mol. The number of benzene rings is 3. The first-order chi connectivity index (χ1) is 15.5. The Morgan fingerprint density at radius 2 is 1.56 bits per heavy atom. The van der Waals surface area contributed by atoms with Crippen molar-refractivity contribution in [3.8, 4) is 0 Å². The molecule has 32 heavy (non-hydrogen) atoms. The summed E-state index contributed by atoms with van der Waals surface area (Å²) < 4.78 is 0. The van der Waals surface area contributed by atoms with Crippen LogP contribution in [-0.2, 0) is 14.4 Å². The van der Waals surface area contributed by atoms with Crippen molar-refractivity contribution >= 4 is 28.9 Å². The van der Waals surface area contributed by atoms with Crippen LogP contribution in [0.15, 0.2) is 78.9 Å².